The molecule has 126 valence electrons. The number of nitrogens with one attached hydrogen (secondary N) is 3. The van der Waals surface area contributed by atoms with Gasteiger partial charge in [0.1, 0.15) is 6.04 Å². The van der Waals surface area contributed by atoms with E-state index in [0.29, 0.717) is 0 Å². The molecule has 2 saturated heterocycles. The molecule has 2 aliphatic carbocycles. The second-order valence-electron chi connectivity index (χ2n) is 8.07. The van der Waals surface area contributed by atoms with Crippen LogP contribution >= 0.6 is 11.8 Å². The molecule has 1 spiro atoms. The van der Waals surface area contributed by atoms with E-state index in [2.05, 4.69) is 10.3 Å². The molecule has 6 atom stereocenters. The highest BCUT2D eigenvalue weighted by atomic mass is 32.2. The third-order valence-electron chi connectivity index (χ3n) is 7.27. The van der Waals surface area contributed by atoms with Gasteiger partial charge in [-0.05, 0) is 18.1 Å². The maximum atomic E-state index is 13.2. The van der Waals surface area contributed by atoms with Crippen LogP contribution in [0.3, 0.4) is 0 Å². The van der Waals surface area contributed by atoms with Crippen LogP contribution in [-0.2, 0) is 11.2 Å². The minimum Gasteiger partial charge on any atom is -0.370 e. The van der Waals surface area contributed by atoms with Gasteiger partial charge in [-0.1, -0.05) is 0 Å². The van der Waals surface area contributed by atoms with Gasteiger partial charge in [-0.25, -0.2) is 0 Å². The van der Waals surface area contributed by atoms with Crippen LogP contribution in [0.5, 0.6) is 0 Å². The number of fused-ring (bicyclic) bond motifs is 3. The maximum Gasteiger partial charge on any atom is 0.225 e. The fourth-order valence-corrected chi connectivity index (χ4v) is 7.96. The molecule has 0 saturated carbocycles. The molecular weight excluding hydrogens is 336 g/mol. The lowest BCUT2D eigenvalue weighted by atomic mass is 9.55. The van der Waals surface area contributed by atoms with Crippen molar-refractivity contribution in [3.8, 4) is 0 Å². The van der Waals surface area contributed by atoms with Crippen molar-refractivity contribution in [1.82, 2.24) is 10.3 Å². The molecule has 5 N–H and O–H groups in total. The van der Waals surface area contributed by atoms with Crippen LogP contribution in [0.15, 0.2) is 28.4 Å². The molecule has 5 heterocycles. The van der Waals surface area contributed by atoms with Crippen molar-refractivity contribution in [1.29, 1.82) is 0 Å². The number of hydrogen-bond donors (Lipinski definition) is 4. The predicted molar refractivity (Wildman–Crippen MR) is 90.8 cm³/mol. The first-order chi connectivity index (χ1) is 12.1. The first kappa shape index (κ1) is 13.4. The number of hydrogen-bond acceptors (Lipinski definition) is 5. The number of Topliss-reactive ketones (excluding diaryl/α,β-unsaturated/α-hetero) is 1. The molecule has 7 rings (SSSR count). The average molecular weight is 353 g/mol. The number of allylic oxidation sites excluding steroid dienone is 1. The maximum absolute atomic E-state index is 13.2. The number of carbonyl (C=O) groups is 2. The molecule has 25 heavy (non-hydrogen) atoms. The number of rotatable bonds is 0. The molecule has 6 aliphatic rings. The smallest absolute Gasteiger partial charge is 0.225 e. The van der Waals surface area contributed by atoms with Crippen molar-refractivity contribution in [2.75, 3.05) is 6.54 Å². The zero-order valence-electron chi connectivity index (χ0n) is 13.4. The van der Waals surface area contributed by atoms with Crippen molar-refractivity contribution in [3.63, 3.8) is 0 Å². The van der Waals surface area contributed by atoms with E-state index >= 15 is 0 Å². The molecule has 1 aromatic rings. The van der Waals surface area contributed by atoms with Crippen LogP contribution in [0.25, 0.3) is 0 Å². The Kier molecular flexibility index (Phi) is 2.03. The van der Waals surface area contributed by atoms with Crippen molar-refractivity contribution < 1.29 is 14.5 Å². The number of ketones is 2. The third kappa shape index (κ3) is 1.19. The Bertz CT molecular complexity index is 991. The van der Waals surface area contributed by atoms with Crippen LogP contribution in [0.4, 0.5) is 0 Å². The number of quaternary nitrogens is 1. The molecular formula is C18H17N4O2S+. The lowest BCUT2D eigenvalue weighted by Gasteiger charge is -2.57. The highest BCUT2D eigenvalue weighted by molar-refractivity contribution is 8.04. The molecule has 2 unspecified atom stereocenters. The average Bonchev–Trinajstić information content (AvgIpc) is 3.13. The summed E-state index contributed by atoms with van der Waals surface area (Å²) in [7, 11) is 0. The van der Waals surface area contributed by atoms with Crippen LogP contribution in [0.2, 0.25) is 0 Å². The van der Waals surface area contributed by atoms with Crippen LogP contribution in [0, 0.1) is 5.41 Å². The van der Waals surface area contributed by atoms with Crippen LogP contribution in [-0.4, -0.2) is 40.6 Å². The van der Waals surface area contributed by atoms with Gasteiger partial charge in [0.15, 0.2) is 6.04 Å². The minimum absolute atomic E-state index is 0.0715. The van der Waals surface area contributed by atoms with E-state index in [0.717, 1.165) is 41.2 Å². The number of piperidine rings is 1. The Labute approximate surface area is 147 Å². The van der Waals surface area contributed by atoms with Crippen LogP contribution < -0.4 is 16.0 Å². The summed E-state index contributed by atoms with van der Waals surface area (Å²) in [6.07, 6.45) is 5.61. The fraction of sp³-hybridized carbons (Fsp3) is 0.444. The van der Waals surface area contributed by atoms with E-state index in [9.17, 15) is 9.59 Å². The Morgan fingerprint density at radius 3 is 3.12 bits per heavy atom. The molecule has 7 heteroatoms. The summed E-state index contributed by atoms with van der Waals surface area (Å²) in [6, 6.07) is -0.340. The summed E-state index contributed by atoms with van der Waals surface area (Å²) in [6.45, 7) is 0.889. The molecule has 6 nitrogen and oxygen atoms in total. The number of nitrogens with two attached hydrogens (primary N) is 1. The van der Waals surface area contributed by atoms with Gasteiger partial charge in [-0.2, -0.15) is 0 Å². The van der Waals surface area contributed by atoms with Gasteiger partial charge in [-0.3, -0.25) is 9.59 Å². The predicted octanol–water partition coefficient (Wildman–Crippen LogP) is -0.824. The summed E-state index contributed by atoms with van der Waals surface area (Å²) in [5.41, 5.74) is 11.5. The Balaban J connectivity index is 1.65. The van der Waals surface area contributed by atoms with Crippen molar-refractivity contribution in [2.45, 2.75) is 36.3 Å². The first-order valence-electron chi connectivity index (χ1n) is 8.91. The number of carbonyl (C=O) groups excluding carboxylic acids is 2. The van der Waals surface area contributed by atoms with E-state index < -0.39 is 0 Å². The highest BCUT2D eigenvalue weighted by Crippen LogP contribution is 2.65. The lowest BCUT2D eigenvalue weighted by Crippen LogP contribution is -3.22. The summed E-state index contributed by atoms with van der Waals surface area (Å²) < 4.78 is 0. The van der Waals surface area contributed by atoms with E-state index in [1.807, 2.05) is 12.3 Å². The van der Waals surface area contributed by atoms with Crippen molar-refractivity contribution >= 4 is 23.3 Å². The zero-order valence-corrected chi connectivity index (χ0v) is 14.2. The molecule has 0 amide bonds. The molecule has 3 bridgehead atoms. The summed E-state index contributed by atoms with van der Waals surface area (Å²) in [4.78, 5) is 31.7. The summed E-state index contributed by atoms with van der Waals surface area (Å²) in [5, 5.41) is 3.62. The largest absolute Gasteiger partial charge is 0.370 e. The molecule has 0 radical (unpaired) electrons. The SMILES string of the molecule is N[C@@H]1[C@@H]2C(=O)C=C3S[C@@H]4C[C@]31C1=C(N4)C(=O)c3[nH]cc4c3C1[NH+]2CC4. The van der Waals surface area contributed by atoms with Gasteiger partial charge in [-0.15, -0.1) is 11.8 Å². The highest BCUT2D eigenvalue weighted by Gasteiger charge is 2.70. The van der Waals surface area contributed by atoms with Crippen molar-refractivity contribution in [2.24, 2.45) is 11.1 Å². The minimum atomic E-state index is -0.318. The second-order valence-corrected chi connectivity index (χ2v) is 9.31. The molecule has 4 aliphatic heterocycles. The molecule has 0 aromatic carbocycles. The first-order valence-corrected chi connectivity index (χ1v) is 9.79. The van der Waals surface area contributed by atoms with Gasteiger partial charge in [0.25, 0.3) is 0 Å². The standard InChI is InChI=1S/C18H16N4O2S/c19-17-14-7(23)3-8-18(17)4-9(25-8)21-13-11(18)15-10-6(1-2-22(14)15)5-20-12(10)16(13)24/h3,5,9,14-15,17,20-21H,1-2,4,19H2/p+1/t9-,14+,15?,17-,18-/m1/s1. The molecule has 1 aromatic heterocycles. The van der Waals surface area contributed by atoms with Gasteiger partial charge in [0, 0.05) is 28.7 Å². The van der Waals surface area contributed by atoms with E-state index in [-0.39, 0.29) is 40.5 Å². The lowest BCUT2D eigenvalue weighted by molar-refractivity contribution is -0.950. The zero-order chi connectivity index (χ0) is 16.7. The topological polar surface area (TPSA) is 92.4 Å². The van der Waals surface area contributed by atoms with Gasteiger partial charge in [0.2, 0.25) is 11.6 Å². The number of thioether (sulfide) groups is 1. The number of H-pyrrole nitrogens is 1. The van der Waals surface area contributed by atoms with Crippen LogP contribution in [0.1, 0.15) is 34.1 Å². The normalized spacial score (nSPS) is 44.7. The van der Waals surface area contributed by atoms with E-state index in [1.165, 1.54) is 16.0 Å². The quantitative estimate of drug-likeness (QED) is 0.489. The van der Waals surface area contributed by atoms with E-state index in [1.54, 1.807) is 11.8 Å². The monoisotopic (exact) mass is 353 g/mol. The number of aromatic amines is 1. The molecule has 2 fully saturated rings. The van der Waals surface area contributed by atoms with Gasteiger partial charge in [0.05, 0.1) is 34.8 Å². The number of aromatic nitrogens is 1. The Hall–Kier alpha value is -1.83. The van der Waals surface area contributed by atoms with Crippen molar-refractivity contribution in [3.05, 3.63) is 45.3 Å². The second kappa shape index (κ2) is 3.79. The van der Waals surface area contributed by atoms with Gasteiger partial charge >= 0.3 is 0 Å². The Morgan fingerprint density at radius 1 is 1.36 bits per heavy atom. The summed E-state index contributed by atoms with van der Waals surface area (Å²) >= 11 is 1.69. The fourth-order valence-electron chi connectivity index (χ4n) is 6.40. The summed E-state index contributed by atoms with van der Waals surface area (Å²) in [5.74, 6) is 0.239. The third-order valence-corrected chi connectivity index (χ3v) is 8.58. The van der Waals surface area contributed by atoms with Gasteiger partial charge < -0.3 is 20.9 Å². The Morgan fingerprint density at radius 2 is 2.24 bits per heavy atom. The van der Waals surface area contributed by atoms with E-state index in [4.69, 9.17) is 5.73 Å².